The van der Waals surface area contributed by atoms with Crippen molar-refractivity contribution in [2.75, 3.05) is 14.2 Å². The van der Waals surface area contributed by atoms with Gasteiger partial charge in [-0.1, -0.05) is 46.4 Å². The van der Waals surface area contributed by atoms with E-state index in [2.05, 4.69) is 4.74 Å². The molecule has 0 fully saturated rings. The van der Waals surface area contributed by atoms with Crippen LogP contribution in [-0.2, 0) is 4.74 Å². The smallest absolute Gasteiger partial charge is 0.156 e. The molecule has 0 spiro atoms. The van der Waals surface area contributed by atoms with E-state index in [0.29, 0.717) is 0 Å². The normalized spacial score (nSPS) is 9.47. The molecule has 1 aromatic rings. The zero-order valence-electron chi connectivity index (χ0n) is 7.81. The van der Waals surface area contributed by atoms with Gasteiger partial charge in [-0.2, -0.15) is 0 Å². The Balaban J connectivity index is 0.000000583. The summed E-state index contributed by atoms with van der Waals surface area (Å²) in [6, 6.07) is 0. The second-order valence-electron chi connectivity index (χ2n) is 2.36. The second kappa shape index (κ2) is 6.51. The minimum Gasteiger partial charge on any atom is -0.505 e. The first-order valence-corrected chi connectivity index (χ1v) is 5.03. The van der Waals surface area contributed by atoms with E-state index >= 15 is 0 Å². The summed E-state index contributed by atoms with van der Waals surface area (Å²) < 4.78 is 4.25. The van der Waals surface area contributed by atoms with Gasteiger partial charge in [0.15, 0.2) is 11.5 Å². The fraction of sp³-hybridized carbons (Fsp3) is 0.250. The van der Waals surface area contributed by atoms with Crippen LogP contribution in [0.25, 0.3) is 0 Å². The average Bonchev–Trinajstić information content (AvgIpc) is 2.22. The molecule has 0 heterocycles. The van der Waals surface area contributed by atoms with Crippen molar-refractivity contribution in [3.8, 4) is 11.5 Å². The number of hydrogen-bond acceptors (Lipinski definition) is 3. The van der Waals surface area contributed by atoms with E-state index in [4.69, 9.17) is 56.6 Å². The Labute approximate surface area is 107 Å². The molecule has 7 heteroatoms. The highest BCUT2D eigenvalue weighted by atomic mass is 35.5. The lowest BCUT2D eigenvalue weighted by molar-refractivity contribution is 0.277. The van der Waals surface area contributed by atoms with Gasteiger partial charge in [-0.15, -0.1) is 0 Å². The van der Waals surface area contributed by atoms with Crippen molar-refractivity contribution >= 4 is 46.4 Å². The molecule has 1 rings (SSSR count). The lowest BCUT2D eigenvalue weighted by Gasteiger charge is -2.06. The van der Waals surface area contributed by atoms with E-state index in [1.54, 1.807) is 14.2 Å². The summed E-state index contributed by atoms with van der Waals surface area (Å²) in [6.45, 7) is 0. The molecule has 0 radical (unpaired) electrons. The Morgan fingerprint density at radius 1 is 0.733 bits per heavy atom. The standard InChI is InChI=1S/C6H2Cl4O2.C2H6O/c7-1-2(8)6(12)4(10)3(9)5(1)11;1-3-2/h11-12H;1-2H3. The SMILES string of the molecule is COC.Oc1c(Cl)c(Cl)c(O)c(Cl)c1Cl. The van der Waals surface area contributed by atoms with Gasteiger partial charge in [-0.3, -0.25) is 0 Å². The fourth-order valence-electron chi connectivity index (χ4n) is 0.609. The highest BCUT2D eigenvalue weighted by molar-refractivity contribution is 6.50. The lowest BCUT2D eigenvalue weighted by Crippen LogP contribution is -1.78. The number of aromatic hydroxyl groups is 2. The molecule has 86 valence electrons. The van der Waals surface area contributed by atoms with E-state index < -0.39 is 11.5 Å². The molecule has 0 aliphatic rings. The maximum absolute atomic E-state index is 9.15. The number of phenolic OH excluding ortho intramolecular Hbond substituents is 2. The van der Waals surface area contributed by atoms with Crippen molar-refractivity contribution in [3.63, 3.8) is 0 Å². The van der Waals surface area contributed by atoms with Crippen molar-refractivity contribution in [1.29, 1.82) is 0 Å². The van der Waals surface area contributed by atoms with Gasteiger partial charge in [-0.25, -0.2) is 0 Å². The minimum atomic E-state index is -0.439. The Kier molecular flexibility index (Phi) is 6.48. The fourth-order valence-corrected chi connectivity index (χ4v) is 1.44. The maximum Gasteiger partial charge on any atom is 0.156 e. The first-order valence-electron chi connectivity index (χ1n) is 3.52. The van der Waals surface area contributed by atoms with Gasteiger partial charge in [0, 0.05) is 14.2 Å². The monoisotopic (exact) mass is 292 g/mol. The van der Waals surface area contributed by atoms with Crippen LogP contribution >= 0.6 is 46.4 Å². The molecule has 0 aliphatic heterocycles. The summed E-state index contributed by atoms with van der Waals surface area (Å²) in [7, 11) is 3.25. The summed E-state index contributed by atoms with van der Waals surface area (Å²) in [4.78, 5) is 0. The molecule has 0 saturated carbocycles. The molecule has 3 nitrogen and oxygen atoms in total. The average molecular weight is 294 g/mol. The quantitative estimate of drug-likeness (QED) is 0.562. The number of rotatable bonds is 0. The summed E-state index contributed by atoms with van der Waals surface area (Å²) >= 11 is 21.9. The van der Waals surface area contributed by atoms with Gasteiger partial charge in [0.05, 0.1) is 0 Å². The number of methoxy groups -OCH3 is 1. The molecule has 0 aromatic heterocycles. The van der Waals surface area contributed by atoms with E-state index in [1.165, 1.54) is 0 Å². The molecular weight excluding hydrogens is 286 g/mol. The molecule has 15 heavy (non-hydrogen) atoms. The summed E-state index contributed by atoms with van der Waals surface area (Å²) in [6.07, 6.45) is 0. The first kappa shape index (κ1) is 14.9. The van der Waals surface area contributed by atoms with Crippen molar-refractivity contribution in [2.24, 2.45) is 0 Å². The molecule has 0 unspecified atom stereocenters. The van der Waals surface area contributed by atoms with E-state index in [1.807, 2.05) is 0 Å². The first-order chi connectivity index (χ1) is 6.88. The van der Waals surface area contributed by atoms with Crippen LogP contribution in [0.15, 0.2) is 0 Å². The number of hydrogen-bond donors (Lipinski definition) is 2. The number of halogens is 4. The van der Waals surface area contributed by atoms with E-state index in [9.17, 15) is 0 Å². The molecule has 2 N–H and O–H groups in total. The minimum absolute atomic E-state index is 0.219. The molecule has 0 atom stereocenters. The van der Waals surface area contributed by atoms with Gasteiger partial charge in [0.25, 0.3) is 0 Å². The molecule has 0 aliphatic carbocycles. The molecule has 0 bridgehead atoms. The van der Waals surface area contributed by atoms with Gasteiger partial charge < -0.3 is 14.9 Å². The maximum atomic E-state index is 9.15. The number of benzene rings is 1. The third-order valence-corrected chi connectivity index (χ3v) is 2.88. The van der Waals surface area contributed by atoms with Crippen molar-refractivity contribution in [3.05, 3.63) is 20.1 Å². The van der Waals surface area contributed by atoms with Crippen LogP contribution in [-0.4, -0.2) is 24.4 Å². The summed E-state index contributed by atoms with van der Waals surface area (Å²) in [5, 5.41) is 17.4. The zero-order valence-corrected chi connectivity index (χ0v) is 10.8. The largest absolute Gasteiger partial charge is 0.505 e. The Morgan fingerprint density at radius 3 is 1.00 bits per heavy atom. The van der Waals surface area contributed by atoms with Crippen molar-refractivity contribution in [1.82, 2.24) is 0 Å². The van der Waals surface area contributed by atoms with Crippen molar-refractivity contribution < 1.29 is 14.9 Å². The highest BCUT2D eigenvalue weighted by Gasteiger charge is 2.18. The molecule has 0 amide bonds. The topological polar surface area (TPSA) is 49.7 Å². The Bertz CT molecular complexity index is 249. The summed E-state index contributed by atoms with van der Waals surface area (Å²) in [5.74, 6) is -0.878. The van der Waals surface area contributed by atoms with Gasteiger partial charge in [0.1, 0.15) is 20.1 Å². The zero-order chi connectivity index (χ0) is 12.2. The van der Waals surface area contributed by atoms with Crippen LogP contribution < -0.4 is 0 Å². The molecule has 0 saturated heterocycles. The second-order valence-corrected chi connectivity index (χ2v) is 3.87. The van der Waals surface area contributed by atoms with E-state index in [0.717, 1.165) is 0 Å². The van der Waals surface area contributed by atoms with E-state index in [-0.39, 0.29) is 20.1 Å². The van der Waals surface area contributed by atoms with Crippen LogP contribution in [0.3, 0.4) is 0 Å². The van der Waals surface area contributed by atoms with Gasteiger partial charge in [-0.05, 0) is 0 Å². The predicted molar refractivity (Wildman–Crippen MR) is 62.7 cm³/mol. The van der Waals surface area contributed by atoms with Crippen LogP contribution in [0.5, 0.6) is 11.5 Å². The van der Waals surface area contributed by atoms with Crippen LogP contribution in [0, 0.1) is 0 Å². The Hall–Kier alpha value is -0.0600. The van der Waals surface area contributed by atoms with Crippen LogP contribution in [0.2, 0.25) is 20.1 Å². The lowest BCUT2D eigenvalue weighted by atomic mass is 10.3. The predicted octanol–water partition coefficient (Wildman–Crippen LogP) is 3.97. The third-order valence-electron chi connectivity index (χ3n) is 1.22. The third kappa shape index (κ3) is 3.47. The molecule has 1 aromatic carbocycles. The number of ether oxygens (including phenoxy) is 1. The molecular formula is C8H8Cl4O3. The number of phenols is 2. The Morgan fingerprint density at radius 2 is 0.867 bits per heavy atom. The van der Waals surface area contributed by atoms with Crippen LogP contribution in [0.1, 0.15) is 0 Å². The van der Waals surface area contributed by atoms with Gasteiger partial charge >= 0.3 is 0 Å². The van der Waals surface area contributed by atoms with Crippen LogP contribution in [0.4, 0.5) is 0 Å². The van der Waals surface area contributed by atoms with Gasteiger partial charge in [0.2, 0.25) is 0 Å². The summed E-state index contributed by atoms with van der Waals surface area (Å²) in [5.41, 5.74) is 0. The highest BCUT2D eigenvalue weighted by Crippen LogP contribution is 2.48. The van der Waals surface area contributed by atoms with Crippen molar-refractivity contribution in [2.45, 2.75) is 0 Å².